The quantitative estimate of drug-likeness (QED) is 0.811. The number of rotatable bonds is 4. The topological polar surface area (TPSA) is 62.6 Å². The van der Waals surface area contributed by atoms with Crippen LogP contribution in [-0.2, 0) is 9.47 Å². The molecule has 1 fully saturated rings. The molecule has 2 heterocycles. The van der Waals surface area contributed by atoms with Crippen LogP contribution in [0.2, 0.25) is 0 Å². The van der Waals surface area contributed by atoms with Crippen molar-refractivity contribution in [2.75, 3.05) is 20.3 Å². The molecule has 23 heavy (non-hydrogen) atoms. The molecular weight excluding hydrogens is 296 g/mol. The Balaban J connectivity index is 2.01. The van der Waals surface area contributed by atoms with Gasteiger partial charge in [0.25, 0.3) is 0 Å². The number of benzene rings is 1. The maximum atomic E-state index is 12.0. The van der Waals surface area contributed by atoms with E-state index in [0.29, 0.717) is 17.4 Å². The highest BCUT2D eigenvalue weighted by atomic mass is 16.5. The van der Waals surface area contributed by atoms with E-state index < -0.39 is 5.97 Å². The van der Waals surface area contributed by atoms with Crippen LogP contribution in [0.5, 0.6) is 5.75 Å². The summed E-state index contributed by atoms with van der Waals surface area (Å²) in [5.41, 5.74) is 1.25. The zero-order valence-corrected chi connectivity index (χ0v) is 13.7. The fraction of sp³-hybridized carbons (Fsp3) is 0.529. The molecule has 1 saturated heterocycles. The van der Waals surface area contributed by atoms with E-state index in [1.807, 2.05) is 30.8 Å². The summed E-state index contributed by atoms with van der Waals surface area (Å²) < 4.78 is 18.0. The van der Waals surface area contributed by atoms with E-state index in [1.165, 1.54) is 7.11 Å². The van der Waals surface area contributed by atoms with Gasteiger partial charge in [-0.1, -0.05) is 0 Å². The van der Waals surface area contributed by atoms with E-state index in [9.17, 15) is 4.79 Å². The summed E-state index contributed by atoms with van der Waals surface area (Å²) in [5.74, 6) is 0.109. The maximum Gasteiger partial charge on any atom is 0.341 e. The van der Waals surface area contributed by atoms with Gasteiger partial charge in [0, 0.05) is 30.9 Å². The van der Waals surface area contributed by atoms with Crippen LogP contribution < -0.4 is 4.74 Å². The molecule has 1 aromatic heterocycles. The molecule has 0 saturated carbocycles. The summed E-state index contributed by atoms with van der Waals surface area (Å²) in [6.45, 7) is 5.36. The summed E-state index contributed by atoms with van der Waals surface area (Å²) in [5, 5.41) is 5.57. The Morgan fingerprint density at radius 1 is 1.35 bits per heavy atom. The molecule has 0 radical (unpaired) electrons. The van der Waals surface area contributed by atoms with Gasteiger partial charge < -0.3 is 14.2 Å². The van der Waals surface area contributed by atoms with E-state index in [4.69, 9.17) is 14.2 Å². The van der Waals surface area contributed by atoms with Crippen molar-refractivity contribution in [3.8, 4) is 5.75 Å². The van der Waals surface area contributed by atoms with Crippen molar-refractivity contribution < 1.29 is 19.0 Å². The summed E-state index contributed by atoms with van der Waals surface area (Å²) in [6.07, 6.45) is 3.85. The molecule has 0 atom stereocenters. The number of hydrogen-bond acceptors (Lipinski definition) is 5. The first-order chi connectivity index (χ1) is 11.1. The molecule has 6 nitrogen and oxygen atoms in total. The SMILES string of the molecule is COC(=O)c1cc2cn(C3CCOCC3)nc2cc1OC(C)C. The van der Waals surface area contributed by atoms with Gasteiger partial charge in [0.2, 0.25) is 0 Å². The van der Waals surface area contributed by atoms with Crippen LogP contribution in [0.15, 0.2) is 18.3 Å². The van der Waals surface area contributed by atoms with Crippen molar-refractivity contribution in [3.05, 3.63) is 23.9 Å². The third kappa shape index (κ3) is 3.32. The Labute approximate surface area is 135 Å². The van der Waals surface area contributed by atoms with E-state index in [1.54, 1.807) is 6.07 Å². The normalized spacial score (nSPS) is 16.0. The minimum Gasteiger partial charge on any atom is -0.490 e. The first-order valence-corrected chi connectivity index (χ1v) is 7.94. The van der Waals surface area contributed by atoms with E-state index >= 15 is 0 Å². The number of carbonyl (C=O) groups is 1. The van der Waals surface area contributed by atoms with Crippen molar-refractivity contribution in [2.45, 2.75) is 38.8 Å². The second-order valence-electron chi connectivity index (χ2n) is 6.02. The first-order valence-electron chi connectivity index (χ1n) is 7.94. The van der Waals surface area contributed by atoms with Crippen LogP contribution in [-0.4, -0.2) is 42.2 Å². The summed E-state index contributed by atoms with van der Waals surface area (Å²) >= 11 is 0. The first kappa shape index (κ1) is 15.8. The largest absolute Gasteiger partial charge is 0.490 e. The Kier molecular flexibility index (Phi) is 4.52. The van der Waals surface area contributed by atoms with Crippen molar-refractivity contribution in [1.29, 1.82) is 0 Å². The molecule has 1 aliphatic heterocycles. The number of nitrogens with zero attached hydrogens (tertiary/aromatic N) is 2. The number of esters is 1. The van der Waals surface area contributed by atoms with Crippen LogP contribution in [0.3, 0.4) is 0 Å². The molecule has 1 aromatic carbocycles. The van der Waals surface area contributed by atoms with Crippen LogP contribution in [0.4, 0.5) is 0 Å². The number of hydrogen-bond donors (Lipinski definition) is 0. The smallest absolute Gasteiger partial charge is 0.341 e. The summed E-state index contributed by atoms with van der Waals surface area (Å²) in [4.78, 5) is 12.0. The zero-order chi connectivity index (χ0) is 16.4. The predicted molar refractivity (Wildman–Crippen MR) is 85.9 cm³/mol. The number of aromatic nitrogens is 2. The Hall–Kier alpha value is -2.08. The molecule has 1 aliphatic rings. The molecule has 124 valence electrons. The van der Waals surface area contributed by atoms with Crippen molar-refractivity contribution in [1.82, 2.24) is 9.78 Å². The second kappa shape index (κ2) is 6.58. The molecule has 0 amide bonds. The van der Waals surface area contributed by atoms with Crippen LogP contribution in [0.1, 0.15) is 43.1 Å². The lowest BCUT2D eigenvalue weighted by Gasteiger charge is -2.22. The molecule has 0 spiro atoms. The van der Waals surface area contributed by atoms with Gasteiger partial charge in [0.05, 0.1) is 24.8 Å². The van der Waals surface area contributed by atoms with Crippen LogP contribution >= 0.6 is 0 Å². The third-order valence-corrected chi connectivity index (χ3v) is 3.96. The van der Waals surface area contributed by atoms with Crippen molar-refractivity contribution in [2.24, 2.45) is 0 Å². The molecule has 6 heteroatoms. The van der Waals surface area contributed by atoms with Gasteiger partial charge >= 0.3 is 5.97 Å². The molecule has 0 bridgehead atoms. The van der Waals surface area contributed by atoms with E-state index in [0.717, 1.165) is 37.0 Å². The summed E-state index contributed by atoms with van der Waals surface area (Å²) in [7, 11) is 1.37. The van der Waals surface area contributed by atoms with Gasteiger partial charge in [0.15, 0.2) is 0 Å². The zero-order valence-electron chi connectivity index (χ0n) is 13.7. The molecule has 0 aliphatic carbocycles. The van der Waals surface area contributed by atoms with Gasteiger partial charge in [-0.15, -0.1) is 0 Å². The average Bonchev–Trinajstić information content (AvgIpc) is 2.96. The lowest BCUT2D eigenvalue weighted by Crippen LogP contribution is -2.19. The lowest BCUT2D eigenvalue weighted by atomic mass is 10.1. The standard InChI is InChI=1S/C17H22N2O4/c1-11(2)23-16-9-15-12(8-14(16)17(20)21-3)10-19(18-15)13-4-6-22-7-5-13/h8-11,13H,4-7H2,1-3H3. The van der Waals surface area contributed by atoms with Crippen molar-refractivity contribution in [3.63, 3.8) is 0 Å². The van der Waals surface area contributed by atoms with Gasteiger partial charge in [-0.05, 0) is 32.8 Å². The molecule has 0 unspecified atom stereocenters. The van der Waals surface area contributed by atoms with E-state index in [-0.39, 0.29) is 6.10 Å². The van der Waals surface area contributed by atoms with E-state index in [2.05, 4.69) is 5.10 Å². The Morgan fingerprint density at radius 3 is 2.74 bits per heavy atom. The number of methoxy groups -OCH3 is 1. The molecular formula is C17H22N2O4. The predicted octanol–water partition coefficient (Wildman–Crippen LogP) is 2.96. The second-order valence-corrected chi connectivity index (χ2v) is 6.02. The van der Waals surface area contributed by atoms with Crippen LogP contribution in [0, 0.1) is 0 Å². The van der Waals surface area contributed by atoms with Gasteiger partial charge in [0.1, 0.15) is 11.3 Å². The highest BCUT2D eigenvalue weighted by molar-refractivity contribution is 5.97. The minimum absolute atomic E-state index is 0.0339. The number of fused-ring (bicyclic) bond motifs is 1. The number of ether oxygens (including phenoxy) is 3. The van der Waals surface area contributed by atoms with Crippen molar-refractivity contribution >= 4 is 16.9 Å². The molecule has 0 N–H and O–H groups in total. The lowest BCUT2D eigenvalue weighted by molar-refractivity contribution is 0.0594. The maximum absolute atomic E-state index is 12.0. The highest BCUT2D eigenvalue weighted by Crippen LogP contribution is 2.29. The fourth-order valence-electron chi connectivity index (χ4n) is 2.83. The average molecular weight is 318 g/mol. The van der Waals surface area contributed by atoms with Gasteiger partial charge in [-0.25, -0.2) is 4.79 Å². The van der Waals surface area contributed by atoms with Gasteiger partial charge in [-0.3, -0.25) is 4.68 Å². The van der Waals surface area contributed by atoms with Crippen LogP contribution in [0.25, 0.3) is 10.9 Å². The minimum atomic E-state index is -0.402. The summed E-state index contributed by atoms with van der Waals surface area (Å²) in [6, 6.07) is 3.95. The molecule has 2 aromatic rings. The number of carbonyl (C=O) groups excluding carboxylic acids is 1. The Bertz CT molecular complexity index is 702. The van der Waals surface area contributed by atoms with Gasteiger partial charge in [-0.2, -0.15) is 5.10 Å². The molecule has 3 rings (SSSR count). The third-order valence-electron chi connectivity index (χ3n) is 3.96. The monoisotopic (exact) mass is 318 g/mol. The Morgan fingerprint density at radius 2 is 2.09 bits per heavy atom. The fourth-order valence-corrected chi connectivity index (χ4v) is 2.83. The highest BCUT2D eigenvalue weighted by Gasteiger charge is 2.20.